The second-order valence-corrected chi connectivity index (χ2v) is 10.1. The van der Waals surface area contributed by atoms with Gasteiger partial charge in [-0.1, -0.05) is 12.1 Å². The van der Waals surface area contributed by atoms with E-state index < -0.39 is 10.0 Å². The lowest BCUT2D eigenvalue weighted by molar-refractivity contribution is -0.119. The van der Waals surface area contributed by atoms with Gasteiger partial charge in [-0.3, -0.25) is 9.10 Å². The quantitative estimate of drug-likeness (QED) is 0.653. The maximum atomic E-state index is 12.7. The van der Waals surface area contributed by atoms with Crippen molar-refractivity contribution >= 4 is 27.3 Å². The minimum Gasteiger partial charge on any atom is -0.454 e. The van der Waals surface area contributed by atoms with Crippen LogP contribution in [0.5, 0.6) is 11.5 Å². The van der Waals surface area contributed by atoms with Gasteiger partial charge in [0.25, 0.3) is 0 Å². The zero-order valence-corrected chi connectivity index (χ0v) is 19.1. The molecule has 2 aliphatic rings. The van der Waals surface area contributed by atoms with E-state index in [0.717, 1.165) is 23.0 Å². The van der Waals surface area contributed by atoms with Crippen molar-refractivity contribution in [1.29, 1.82) is 0 Å². The highest BCUT2D eigenvalue weighted by Gasteiger charge is 2.25. The Labute approximate surface area is 189 Å². The van der Waals surface area contributed by atoms with E-state index in [1.54, 1.807) is 25.1 Å². The summed E-state index contributed by atoms with van der Waals surface area (Å²) in [6, 6.07) is 13.0. The molecule has 172 valence electrons. The lowest BCUT2D eigenvalue weighted by Crippen LogP contribution is -2.41. The molecule has 0 saturated carbocycles. The second-order valence-electron chi connectivity index (χ2n) is 7.94. The minimum absolute atomic E-state index is 0.0936. The van der Waals surface area contributed by atoms with Gasteiger partial charge < -0.3 is 19.7 Å². The molecule has 8 nitrogen and oxygen atoms in total. The van der Waals surface area contributed by atoms with Gasteiger partial charge in [0.15, 0.2) is 11.5 Å². The Kier molecular flexibility index (Phi) is 6.74. The molecule has 32 heavy (non-hydrogen) atoms. The predicted molar refractivity (Wildman–Crippen MR) is 124 cm³/mol. The Morgan fingerprint density at radius 2 is 1.75 bits per heavy atom. The fourth-order valence-electron chi connectivity index (χ4n) is 3.91. The van der Waals surface area contributed by atoms with Crippen molar-refractivity contribution in [2.45, 2.75) is 32.7 Å². The summed E-state index contributed by atoms with van der Waals surface area (Å²) in [5.74, 6) is 0.528. The van der Waals surface area contributed by atoms with Gasteiger partial charge in [0.05, 0.1) is 11.4 Å². The van der Waals surface area contributed by atoms with E-state index in [1.807, 2.05) is 12.1 Å². The molecular weight excluding hydrogens is 430 g/mol. The van der Waals surface area contributed by atoms with Crippen molar-refractivity contribution in [1.82, 2.24) is 5.32 Å². The molecule has 0 atom stereocenters. The summed E-state index contributed by atoms with van der Waals surface area (Å²) < 4.78 is 37.1. The van der Waals surface area contributed by atoms with E-state index in [2.05, 4.69) is 22.3 Å². The first-order valence-electron chi connectivity index (χ1n) is 11.0. The average Bonchev–Trinajstić information content (AvgIpc) is 3.30. The Morgan fingerprint density at radius 3 is 2.47 bits per heavy atom. The molecule has 0 radical (unpaired) electrons. The number of anilines is 2. The van der Waals surface area contributed by atoms with E-state index in [1.165, 1.54) is 24.9 Å². The maximum absolute atomic E-state index is 12.7. The first-order valence-corrected chi connectivity index (χ1v) is 12.6. The monoisotopic (exact) mass is 459 g/mol. The van der Waals surface area contributed by atoms with Crippen LogP contribution in [0.1, 0.15) is 31.7 Å². The molecule has 0 aromatic heterocycles. The number of amides is 1. The molecular formula is C23H29N3O5S. The number of hydrogen-bond acceptors (Lipinski definition) is 6. The van der Waals surface area contributed by atoms with Crippen molar-refractivity contribution < 1.29 is 22.7 Å². The van der Waals surface area contributed by atoms with Crippen LogP contribution in [-0.2, 0) is 21.4 Å². The number of sulfonamides is 1. The van der Waals surface area contributed by atoms with E-state index in [4.69, 9.17) is 9.47 Å². The summed E-state index contributed by atoms with van der Waals surface area (Å²) >= 11 is 0. The number of nitrogens with zero attached hydrogens (tertiary/aromatic N) is 2. The number of nitrogens with one attached hydrogen (secondary N) is 1. The van der Waals surface area contributed by atoms with E-state index in [9.17, 15) is 13.2 Å². The third-order valence-electron chi connectivity index (χ3n) is 5.78. The van der Waals surface area contributed by atoms with Crippen LogP contribution in [-0.4, -0.2) is 46.5 Å². The van der Waals surface area contributed by atoms with Crippen molar-refractivity contribution in [2.24, 2.45) is 0 Å². The molecule has 1 amide bonds. The van der Waals surface area contributed by atoms with Gasteiger partial charge >= 0.3 is 0 Å². The molecule has 0 spiro atoms. The predicted octanol–water partition coefficient (Wildman–Crippen LogP) is 2.88. The van der Waals surface area contributed by atoms with Crippen LogP contribution in [0.3, 0.4) is 0 Å². The molecule has 1 N–H and O–H groups in total. The van der Waals surface area contributed by atoms with Gasteiger partial charge in [0.1, 0.15) is 6.54 Å². The molecule has 2 aromatic carbocycles. The summed E-state index contributed by atoms with van der Waals surface area (Å²) in [5.41, 5.74) is 2.53. The zero-order valence-electron chi connectivity index (χ0n) is 18.2. The van der Waals surface area contributed by atoms with Gasteiger partial charge in [-0.15, -0.1) is 0 Å². The Hall–Kier alpha value is -2.94. The second kappa shape index (κ2) is 9.68. The first-order chi connectivity index (χ1) is 15.5. The van der Waals surface area contributed by atoms with Gasteiger partial charge in [-0.2, -0.15) is 0 Å². The van der Waals surface area contributed by atoms with Crippen molar-refractivity contribution in [2.75, 3.05) is 41.4 Å². The molecule has 4 rings (SSSR count). The number of rotatable bonds is 8. The third-order valence-corrected chi connectivity index (χ3v) is 7.52. The van der Waals surface area contributed by atoms with Crippen LogP contribution < -0.4 is 24.0 Å². The highest BCUT2D eigenvalue weighted by molar-refractivity contribution is 7.92. The number of hydrogen-bond donors (Lipinski definition) is 1. The Bertz CT molecular complexity index is 1050. The fraction of sp³-hybridized carbons (Fsp3) is 0.435. The van der Waals surface area contributed by atoms with E-state index in [-0.39, 0.29) is 25.0 Å². The van der Waals surface area contributed by atoms with Crippen LogP contribution in [0.4, 0.5) is 11.4 Å². The molecule has 9 heteroatoms. The number of piperidine rings is 1. The zero-order chi connectivity index (χ0) is 22.6. The standard InChI is InChI=1S/C23H29N3O5S/c1-2-32(28,29)26(20-10-11-21-22(14-20)31-17-30-21)16-23(27)24-15-18-6-8-19(9-7-18)25-12-4-3-5-13-25/h6-11,14H,2-5,12-13,15-17H2,1H3,(H,24,27). The molecule has 2 aliphatic heterocycles. The number of fused-ring (bicyclic) bond motifs is 1. The summed E-state index contributed by atoms with van der Waals surface area (Å²) in [4.78, 5) is 15.0. The Balaban J connectivity index is 1.39. The summed E-state index contributed by atoms with van der Waals surface area (Å²) in [5, 5.41) is 2.83. The van der Waals surface area contributed by atoms with Crippen LogP contribution in [0, 0.1) is 0 Å². The molecule has 2 heterocycles. The van der Waals surface area contributed by atoms with Crippen LogP contribution in [0.25, 0.3) is 0 Å². The van der Waals surface area contributed by atoms with Crippen LogP contribution >= 0.6 is 0 Å². The highest BCUT2D eigenvalue weighted by atomic mass is 32.2. The smallest absolute Gasteiger partial charge is 0.241 e. The molecule has 0 bridgehead atoms. The van der Waals surface area contributed by atoms with Gasteiger partial charge in [-0.25, -0.2) is 8.42 Å². The van der Waals surface area contributed by atoms with Crippen molar-refractivity contribution in [3.05, 3.63) is 48.0 Å². The van der Waals surface area contributed by atoms with Crippen molar-refractivity contribution in [3.8, 4) is 11.5 Å². The number of benzene rings is 2. The summed E-state index contributed by atoms with van der Waals surface area (Å²) in [7, 11) is -3.66. The fourth-order valence-corrected chi connectivity index (χ4v) is 4.97. The molecule has 1 saturated heterocycles. The largest absolute Gasteiger partial charge is 0.454 e. The average molecular weight is 460 g/mol. The lowest BCUT2D eigenvalue weighted by Gasteiger charge is -2.28. The normalized spacial score (nSPS) is 15.5. The topological polar surface area (TPSA) is 88.2 Å². The van der Waals surface area contributed by atoms with Gasteiger partial charge in [0.2, 0.25) is 22.7 Å². The summed E-state index contributed by atoms with van der Waals surface area (Å²) in [6.45, 7) is 3.84. The molecule has 1 fully saturated rings. The van der Waals surface area contributed by atoms with Gasteiger partial charge in [-0.05, 0) is 56.0 Å². The van der Waals surface area contributed by atoms with E-state index in [0.29, 0.717) is 23.7 Å². The lowest BCUT2D eigenvalue weighted by atomic mass is 10.1. The molecule has 0 aliphatic carbocycles. The number of ether oxygens (including phenoxy) is 2. The van der Waals surface area contributed by atoms with Crippen LogP contribution in [0.2, 0.25) is 0 Å². The maximum Gasteiger partial charge on any atom is 0.241 e. The van der Waals surface area contributed by atoms with Gasteiger partial charge in [0, 0.05) is 31.4 Å². The Morgan fingerprint density at radius 1 is 1.03 bits per heavy atom. The SMILES string of the molecule is CCS(=O)(=O)N(CC(=O)NCc1ccc(N2CCCCC2)cc1)c1ccc2c(c1)OCO2. The minimum atomic E-state index is -3.66. The van der Waals surface area contributed by atoms with Crippen molar-refractivity contribution in [3.63, 3.8) is 0 Å². The number of carbonyl (C=O) groups is 1. The third kappa shape index (κ3) is 5.09. The molecule has 0 unspecified atom stereocenters. The molecule has 2 aromatic rings. The highest BCUT2D eigenvalue weighted by Crippen LogP contribution is 2.36. The number of carbonyl (C=O) groups excluding carboxylic acids is 1. The van der Waals surface area contributed by atoms with Crippen LogP contribution in [0.15, 0.2) is 42.5 Å². The first kappa shape index (κ1) is 22.3. The summed E-state index contributed by atoms with van der Waals surface area (Å²) in [6.07, 6.45) is 3.73. The van der Waals surface area contributed by atoms with E-state index >= 15 is 0 Å².